The molecule has 114 valence electrons. The van der Waals surface area contributed by atoms with E-state index in [4.69, 9.17) is 14.2 Å². The largest absolute Gasteiger partial charge is 0.378 e. The molecule has 5 heteroatoms. The van der Waals surface area contributed by atoms with Crippen LogP contribution in [0.25, 0.3) is 0 Å². The normalized spacial score (nSPS) is 45.1. The van der Waals surface area contributed by atoms with Crippen LogP contribution in [0, 0.1) is 17.8 Å². The molecule has 6 rings (SSSR count). The monoisotopic (exact) mass is 289 g/mol. The van der Waals surface area contributed by atoms with E-state index in [1.54, 1.807) is 0 Å². The highest BCUT2D eigenvalue weighted by molar-refractivity contribution is 5.17. The van der Waals surface area contributed by atoms with Gasteiger partial charge in [-0.2, -0.15) is 4.98 Å². The maximum Gasteiger partial charge on any atom is 0.246 e. The fourth-order valence-corrected chi connectivity index (χ4v) is 5.70. The quantitative estimate of drug-likeness (QED) is 0.904. The molecule has 1 aliphatic heterocycles. The van der Waals surface area contributed by atoms with Gasteiger partial charge in [0.05, 0.1) is 13.2 Å². The standard InChI is InChI=1S/C16H23N3O2/c1-2-20-9-13(17-1)14-18-15(19-21-14)16-6-10-3-11(7-16)5-12(4-10)8-16/h10-13,17H,1-9H2. The van der Waals surface area contributed by atoms with Crippen LogP contribution in [0.2, 0.25) is 0 Å². The van der Waals surface area contributed by atoms with E-state index < -0.39 is 0 Å². The van der Waals surface area contributed by atoms with Crippen LogP contribution in [0.3, 0.4) is 0 Å². The molecule has 1 aromatic heterocycles. The van der Waals surface area contributed by atoms with Crippen LogP contribution in [0.15, 0.2) is 4.52 Å². The first-order valence-corrected chi connectivity index (χ1v) is 8.46. The summed E-state index contributed by atoms with van der Waals surface area (Å²) in [6, 6.07) is 0.0777. The average Bonchev–Trinajstić information content (AvgIpc) is 2.97. The molecule has 1 atom stereocenters. The Balaban J connectivity index is 1.44. The van der Waals surface area contributed by atoms with Gasteiger partial charge in [0.1, 0.15) is 6.04 Å². The van der Waals surface area contributed by atoms with Crippen LogP contribution in [0.5, 0.6) is 0 Å². The second-order valence-corrected chi connectivity index (χ2v) is 7.74. The second kappa shape index (κ2) is 4.53. The molecule has 1 saturated heterocycles. The molecule has 2 heterocycles. The SMILES string of the molecule is C1COCC(c2nc(C34CC5CC(CC(C5)C3)C4)no2)N1. The summed E-state index contributed by atoms with van der Waals surface area (Å²) >= 11 is 0. The Kier molecular flexibility index (Phi) is 2.71. The van der Waals surface area contributed by atoms with E-state index >= 15 is 0 Å². The lowest BCUT2D eigenvalue weighted by Gasteiger charge is -2.55. The van der Waals surface area contributed by atoms with E-state index in [1.807, 2.05) is 0 Å². The third-order valence-electron chi connectivity index (χ3n) is 6.17. The highest BCUT2D eigenvalue weighted by atomic mass is 16.5. The topological polar surface area (TPSA) is 60.2 Å². The average molecular weight is 289 g/mol. The van der Waals surface area contributed by atoms with Crippen LogP contribution in [-0.2, 0) is 10.2 Å². The van der Waals surface area contributed by atoms with Gasteiger partial charge in [-0.1, -0.05) is 5.16 Å². The molecule has 0 aromatic carbocycles. The van der Waals surface area contributed by atoms with Gasteiger partial charge in [0.2, 0.25) is 5.89 Å². The van der Waals surface area contributed by atoms with Crippen molar-refractivity contribution in [1.82, 2.24) is 15.5 Å². The van der Waals surface area contributed by atoms with E-state index in [-0.39, 0.29) is 11.5 Å². The maximum atomic E-state index is 5.59. The van der Waals surface area contributed by atoms with Crippen molar-refractivity contribution in [3.05, 3.63) is 11.7 Å². The smallest absolute Gasteiger partial charge is 0.246 e. The zero-order valence-electron chi connectivity index (χ0n) is 12.4. The first-order chi connectivity index (χ1) is 10.3. The minimum atomic E-state index is 0.0777. The lowest BCUT2D eigenvalue weighted by molar-refractivity contribution is -0.0103. The molecule has 0 spiro atoms. The predicted molar refractivity (Wildman–Crippen MR) is 75.7 cm³/mol. The van der Waals surface area contributed by atoms with Crippen molar-refractivity contribution in [3.63, 3.8) is 0 Å². The lowest BCUT2D eigenvalue weighted by atomic mass is 9.49. The fraction of sp³-hybridized carbons (Fsp3) is 0.875. The van der Waals surface area contributed by atoms with Gasteiger partial charge in [-0.15, -0.1) is 0 Å². The molecule has 4 aliphatic carbocycles. The molecule has 4 saturated carbocycles. The molecule has 1 N–H and O–H groups in total. The summed E-state index contributed by atoms with van der Waals surface area (Å²) in [6.07, 6.45) is 8.19. The van der Waals surface area contributed by atoms with Crippen molar-refractivity contribution in [2.75, 3.05) is 19.8 Å². The molecule has 5 aliphatic rings. The van der Waals surface area contributed by atoms with Crippen LogP contribution in [0.1, 0.15) is 56.3 Å². The fourth-order valence-electron chi connectivity index (χ4n) is 5.70. The minimum Gasteiger partial charge on any atom is -0.378 e. The van der Waals surface area contributed by atoms with Gasteiger partial charge < -0.3 is 14.6 Å². The summed E-state index contributed by atoms with van der Waals surface area (Å²) in [5.41, 5.74) is 0.228. The van der Waals surface area contributed by atoms with Crippen molar-refractivity contribution < 1.29 is 9.26 Å². The van der Waals surface area contributed by atoms with Crippen molar-refractivity contribution in [3.8, 4) is 0 Å². The van der Waals surface area contributed by atoms with Crippen molar-refractivity contribution in [1.29, 1.82) is 0 Å². The van der Waals surface area contributed by atoms with Crippen LogP contribution in [0.4, 0.5) is 0 Å². The third kappa shape index (κ3) is 1.97. The summed E-state index contributed by atoms with van der Waals surface area (Å²) in [7, 11) is 0. The van der Waals surface area contributed by atoms with Gasteiger partial charge in [-0.3, -0.25) is 0 Å². The predicted octanol–water partition coefficient (Wildman–Crippen LogP) is 2.20. The van der Waals surface area contributed by atoms with Gasteiger partial charge in [0.25, 0.3) is 0 Å². The highest BCUT2D eigenvalue weighted by Gasteiger charge is 2.53. The first-order valence-electron chi connectivity index (χ1n) is 8.46. The number of morpholine rings is 1. The molecular formula is C16H23N3O2. The Morgan fingerprint density at radius 1 is 1.05 bits per heavy atom. The number of aromatic nitrogens is 2. The van der Waals surface area contributed by atoms with Gasteiger partial charge in [0.15, 0.2) is 5.82 Å². The van der Waals surface area contributed by atoms with Crippen LogP contribution in [-0.4, -0.2) is 29.9 Å². The summed E-state index contributed by atoms with van der Waals surface area (Å²) in [6.45, 7) is 2.27. The summed E-state index contributed by atoms with van der Waals surface area (Å²) < 4.78 is 11.1. The minimum absolute atomic E-state index is 0.0777. The van der Waals surface area contributed by atoms with Crippen molar-refractivity contribution in [2.24, 2.45) is 17.8 Å². The zero-order valence-corrected chi connectivity index (χ0v) is 12.4. The summed E-state index contributed by atoms with van der Waals surface area (Å²) in [4.78, 5) is 4.80. The number of hydrogen-bond donors (Lipinski definition) is 1. The maximum absolute atomic E-state index is 5.59. The zero-order chi connectivity index (χ0) is 13.9. The Labute approximate surface area is 124 Å². The summed E-state index contributed by atoms with van der Waals surface area (Å²) in [5, 5.41) is 7.80. The number of hydrogen-bond acceptors (Lipinski definition) is 5. The molecule has 0 radical (unpaired) electrons. The third-order valence-corrected chi connectivity index (χ3v) is 6.17. The van der Waals surface area contributed by atoms with Crippen LogP contribution < -0.4 is 5.32 Å². The molecule has 21 heavy (non-hydrogen) atoms. The van der Waals surface area contributed by atoms with E-state index in [0.29, 0.717) is 6.61 Å². The van der Waals surface area contributed by atoms with Gasteiger partial charge in [-0.25, -0.2) is 0 Å². The van der Waals surface area contributed by atoms with E-state index in [0.717, 1.165) is 42.6 Å². The van der Waals surface area contributed by atoms with Crippen molar-refractivity contribution in [2.45, 2.75) is 50.0 Å². The Bertz CT molecular complexity index is 500. The number of nitrogens with one attached hydrogen (secondary N) is 1. The first kappa shape index (κ1) is 12.6. The summed E-state index contributed by atoms with van der Waals surface area (Å²) in [5.74, 6) is 4.45. The van der Waals surface area contributed by atoms with Crippen LogP contribution >= 0.6 is 0 Å². The Morgan fingerprint density at radius 3 is 2.38 bits per heavy atom. The molecule has 1 aromatic rings. The molecule has 0 amide bonds. The van der Waals surface area contributed by atoms with Gasteiger partial charge in [-0.05, 0) is 56.3 Å². The highest BCUT2D eigenvalue weighted by Crippen LogP contribution is 2.60. The molecule has 1 unspecified atom stereocenters. The van der Waals surface area contributed by atoms with E-state index in [2.05, 4.69) is 10.5 Å². The van der Waals surface area contributed by atoms with E-state index in [1.165, 1.54) is 38.5 Å². The van der Waals surface area contributed by atoms with Gasteiger partial charge >= 0.3 is 0 Å². The van der Waals surface area contributed by atoms with Gasteiger partial charge in [0, 0.05) is 12.0 Å². The number of nitrogens with zero attached hydrogens (tertiary/aromatic N) is 2. The number of ether oxygens (including phenoxy) is 1. The van der Waals surface area contributed by atoms with Crippen molar-refractivity contribution >= 4 is 0 Å². The molecule has 5 nitrogen and oxygen atoms in total. The van der Waals surface area contributed by atoms with E-state index in [9.17, 15) is 0 Å². The molecular weight excluding hydrogens is 266 g/mol. The molecule has 4 bridgehead atoms. The second-order valence-electron chi connectivity index (χ2n) is 7.74. The number of rotatable bonds is 2. The lowest BCUT2D eigenvalue weighted by Crippen LogP contribution is -2.49. The Hall–Kier alpha value is -0.940. The molecule has 5 fully saturated rings. The Morgan fingerprint density at radius 2 is 1.76 bits per heavy atom.